The summed E-state index contributed by atoms with van der Waals surface area (Å²) >= 11 is 0. The Balaban J connectivity index is 2.56. The molecule has 0 bridgehead atoms. The van der Waals surface area contributed by atoms with Crippen molar-refractivity contribution in [3.8, 4) is 0 Å². The van der Waals surface area contributed by atoms with E-state index in [4.69, 9.17) is 0 Å². The molecule has 2 rings (SSSR count). The first-order valence-corrected chi connectivity index (χ1v) is 6.18. The average molecular weight is 227 g/mol. The molecule has 2 aromatic rings. The molecule has 0 N–H and O–H groups in total. The maximum Gasteiger partial charge on any atom is 0.164 e. The smallest absolute Gasteiger partial charge is 0.164 e. The molecule has 88 valence electrons. The zero-order chi connectivity index (χ0) is 12.3. The summed E-state index contributed by atoms with van der Waals surface area (Å²) in [6.07, 6.45) is 2.29. The Hall–Kier alpha value is -1.70. The van der Waals surface area contributed by atoms with Crippen molar-refractivity contribution in [2.24, 2.45) is 0 Å². The minimum absolute atomic E-state index is 0.211. The number of hydrogen-bond donors (Lipinski definition) is 0. The van der Waals surface area contributed by atoms with Crippen LogP contribution in [0, 0.1) is 0 Å². The highest BCUT2D eigenvalue weighted by molar-refractivity contribution is 6.00. The van der Waals surface area contributed by atoms with Gasteiger partial charge in [0.15, 0.2) is 5.78 Å². The third-order valence-electron chi connectivity index (χ3n) is 2.92. The van der Waals surface area contributed by atoms with Crippen LogP contribution in [0.5, 0.6) is 0 Å². The van der Waals surface area contributed by atoms with Gasteiger partial charge in [-0.15, -0.1) is 0 Å². The number of ketones is 1. The highest BCUT2D eigenvalue weighted by Gasteiger charge is 2.12. The van der Waals surface area contributed by atoms with Crippen LogP contribution in [-0.2, 0) is 6.42 Å². The van der Waals surface area contributed by atoms with Gasteiger partial charge in [0.25, 0.3) is 0 Å². The summed E-state index contributed by atoms with van der Waals surface area (Å²) < 4.78 is 0. The number of benzene rings is 1. The number of Topliss-reactive ketones (excluding diaryl/α,β-unsaturated/α-hetero) is 1. The van der Waals surface area contributed by atoms with Crippen LogP contribution in [0.25, 0.3) is 10.9 Å². The quantitative estimate of drug-likeness (QED) is 0.744. The van der Waals surface area contributed by atoms with Gasteiger partial charge in [0.2, 0.25) is 0 Å². The van der Waals surface area contributed by atoms with Gasteiger partial charge in [-0.25, -0.2) is 0 Å². The van der Waals surface area contributed by atoms with Crippen LogP contribution in [0.3, 0.4) is 0 Å². The number of rotatable bonds is 4. The molecule has 0 saturated carbocycles. The summed E-state index contributed by atoms with van der Waals surface area (Å²) in [6.45, 7) is 4.07. The lowest BCUT2D eigenvalue weighted by Crippen LogP contribution is -2.05. The van der Waals surface area contributed by atoms with Gasteiger partial charge in [-0.1, -0.05) is 32.0 Å². The van der Waals surface area contributed by atoms with E-state index in [0.29, 0.717) is 6.42 Å². The standard InChI is InChI=1S/C15H17NO/c1-3-7-15(17)12-10-11-8-5-6-9-14(11)16-13(12)4-2/h5-6,8-10H,3-4,7H2,1-2H3. The van der Waals surface area contributed by atoms with Crippen LogP contribution < -0.4 is 0 Å². The number of nitrogens with zero attached hydrogens (tertiary/aromatic N) is 1. The molecule has 0 aliphatic carbocycles. The maximum absolute atomic E-state index is 12.0. The zero-order valence-electron chi connectivity index (χ0n) is 10.4. The minimum Gasteiger partial charge on any atom is -0.294 e. The number of carbonyl (C=O) groups excluding carboxylic acids is 1. The number of pyridine rings is 1. The normalized spacial score (nSPS) is 10.7. The second kappa shape index (κ2) is 5.09. The fourth-order valence-corrected chi connectivity index (χ4v) is 2.03. The Morgan fingerprint density at radius 2 is 2.00 bits per heavy atom. The number of carbonyl (C=O) groups is 1. The van der Waals surface area contributed by atoms with Crippen molar-refractivity contribution in [3.05, 3.63) is 41.6 Å². The SMILES string of the molecule is CCCC(=O)c1cc2ccccc2nc1CC. The van der Waals surface area contributed by atoms with E-state index >= 15 is 0 Å². The molecule has 2 nitrogen and oxygen atoms in total. The van der Waals surface area contributed by atoms with Crippen molar-refractivity contribution in [1.29, 1.82) is 0 Å². The van der Waals surface area contributed by atoms with Crippen LogP contribution in [0.1, 0.15) is 42.7 Å². The average Bonchev–Trinajstić information content (AvgIpc) is 2.37. The summed E-state index contributed by atoms with van der Waals surface area (Å²) in [6, 6.07) is 9.93. The van der Waals surface area contributed by atoms with Gasteiger partial charge < -0.3 is 0 Å². The van der Waals surface area contributed by atoms with Crippen molar-refractivity contribution < 1.29 is 4.79 Å². The topological polar surface area (TPSA) is 30.0 Å². The van der Waals surface area contributed by atoms with E-state index in [-0.39, 0.29) is 5.78 Å². The fraction of sp³-hybridized carbons (Fsp3) is 0.333. The van der Waals surface area contributed by atoms with Gasteiger partial charge in [0.1, 0.15) is 0 Å². The molecule has 0 unspecified atom stereocenters. The molecule has 0 amide bonds. The van der Waals surface area contributed by atoms with Gasteiger partial charge in [-0.3, -0.25) is 9.78 Å². The van der Waals surface area contributed by atoms with E-state index in [2.05, 4.69) is 4.98 Å². The third kappa shape index (κ3) is 2.36. The Bertz CT molecular complexity index is 546. The van der Waals surface area contributed by atoms with E-state index < -0.39 is 0 Å². The van der Waals surface area contributed by atoms with E-state index in [1.807, 2.05) is 44.2 Å². The second-order valence-corrected chi connectivity index (χ2v) is 4.20. The first-order valence-electron chi connectivity index (χ1n) is 6.18. The minimum atomic E-state index is 0.211. The summed E-state index contributed by atoms with van der Waals surface area (Å²) in [5.74, 6) is 0.211. The Morgan fingerprint density at radius 1 is 1.24 bits per heavy atom. The van der Waals surface area contributed by atoms with Crippen LogP contribution >= 0.6 is 0 Å². The van der Waals surface area contributed by atoms with Crippen molar-refractivity contribution in [1.82, 2.24) is 4.98 Å². The zero-order valence-corrected chi connectivity index (χ0v) is 10.4. The van der Waals surface area contributed by atoms with Crippen LogP contribution in [0.15, 0.2) is 30.3 Å². The van der Waals surface area contributed by atoms with E-state index in [0.717, 1.165) is 35.0 Å². The molecule has 0 aliphatic heterocycles. The molecule has 0 aliphatic rings. The number of aryl methyl sites for hydroxylation is 1. The van der Waals surface area contributed by atoms with Gasteiger partial charge in [-0.05, 0) is 25.0 Å². The summed E-state index contributed by atoms with van der Waals surface area (Å²) in [5.41, 5.74) is 2.69. The Kier molecular flexibility index (Phi) is 3.52. The van der Waals surface area contributed by atoms with Crippen molar-refractivity contribution in [2.45, 2.75) is 33.1 Å². The Morgan fingerprint density at radius 3 is 2.71 bits per heavy atom. The molecule has 2 heteroatoms. The molecule has 0 saturated heterocycles. The van der Waals surface area contributed by atoms with Crippen LogP contribution in [0.2, 0.25) is 0 Å². The highest BCUT2D eigenvalue weighted by Crippen LogP contribution is 2.19. The number of para-hydroxylation sites is 1. The summed E-state index contributed by atoms with van der Waals surface area (Å²) in [5, 5.41) is 1.05. The van der Waals surface area contributed by atoms with Crippen LogP contribution in [-0.4, -0.2) is 10.8 Å². The molecule has 0 atom stereocenters. The molecule has 0 radical (unpaired) electrons. The van der Waals surface area contributed by atoms with Crippen LogP contribution in [0.4, 0.5) is 0 Å². The first kappa shape index (κ1) is 11.8. The molecule has 1 heterocycles. The predicted molar refractivity (Wildman–Crippen MR) is 70.4 cm³/mol. The largest absolute Gasteiger partial charge is 0.294 e. The van der Waals surface area contributed by atoms with E-state index in [9.17, 15) is 4.79 Å². The monoisotopic (exact) mass is 227 g/mol. The molecular weight excluding hydrogens is 210 g/mol. The lowest BCUT2D eigenvalue weighted by molar-refractivity contribution is 0.0980. The number of aromatic nitrogens is 1. The van der Waals surface area contributed by atoms with Gasteiger partial charge in [0, 0.05) is 17.4 Å². The lowest BCUT2D eigenvalue weighted by atomic mass is 10.0. The van der Waals surface area contributed by atoms with Gasteiger partial charge in [-0.2, -0.15) is 0 Å². The predicted octanol–water partition coefficient (Wildman–Crippen LogP) is 3.78. The molecule has 17 heavy (non-hydrogen) atoms. The van der Waals surface area contributed by atoms with Crippen molar-refractivity contribution in [2.75, 3.05) is 0 Å². The van der Waals surface area contributed by atoms with E-state index in [1.165, 1.54) is 0 Å². The van der Waals surface area contributed by atoms with Gasteiger partial charge >= 0.3 is 0 Å². The maximum atomic E-state index is 12.0. The first-order chi connectivity index (χ1) is 8.26. The summed E-state index contributed by atoms with van der Waals surface area (Å²) in [4.78, 5) is 16.6. The molecule has 0 fully saturated rings. The highest BCUT2D eigenvalue weighted by atomic mass is 16.1. The van der Waals surface area contributed by atoms with E-state index in [1.54, 1.807) is 0 Å². The molecule has 0 spiro atoms. The van der Waals surface area contributed by atoms with Crippen molar-refractivity contribution in [3.63, 3.8) is 0 Å². The molecule has 1 aromatic heterocycles. The molecule has 1 aromatic carbocycles. The molecular formula is C15H17NO. The third-order valence-corrected chi connectivity index (χ3v) is 2.92. The number of fused-ring (bicyclic) bond motifs is 1. The summed E-state index contributed by atoms with van der Waals surface area (Å²) in [7, 11) is 0. The lowest BCUT2D eigenvalue weighted by Gasteiger charge is -2.07. The van der Waals surface area contributed by atoms with Gasteiger partial charge in [0.05, 0.1) is 11.2 Å². The Labute approximate surface area is 102 Å². The fourth-order valence-electron chi connectivity index (χ4n) is 2.03. The number of hydrogen-bond acceptors (Lipinski definition) is 2. The second-order valence-electron chi connectivity index (χ2n) is 4.20. The van der Waals surface area contributed by atoms with Crippen molar-refractivity contribution >= 4 is 16.7 Å².